The number of H-pyrrole nitrogens is 1. The summed E-state index contributed by atoms with van der Waals surface area (Å²) in [6.45, 7) is 1.84. The number of primary amides is 1. The summed E-state index contributed by atoms with van der Waals surface area (Å²) in [5.74, 6) is -0.770. The summed E-state index contributed by atoms with van der Waals surface area (Å²) in [6, 6.07) is 2.82. The van der Waals surface area contributed by atoms with Crippen molar-refractivity contribution < 1.29 is 9.18 Å². The van der Waals surface area contributed by atoms with Crippen LogP contribution in [0.4, 0.5) is 4.39 Å². The van der Waals surface area contributed by atoms with E-state index < -0.39 is 5.91 Å². The molecule has 2 rings (SSSR count). The van der Waals surface area contributed by atoms with Crippen molar-refractivity contribution in [3.05, 3.63) is 27.2 Å². The number of fused-ring (bicyclic) bond motifs is 1. The molecular weight excluding hydrogens is 321 g/mol. The standard InChI is InChI=1S/C11H11BrFN3OS/c1-5(2-10(14)17)16-9-3-6(12)7(13)4-8(9)15-11(16)18/h3-5H,2H2,1H3,(H2,14,17)(H,15,18). The summed E-state index contributed by atoms with van der Waals surface area (Å²) in [4.78, 5) is 13.9. The molecule has 2 aromatic rings. The van der Waals surface area contributed by atoms with Gasteiger partial charge in [0.05, 0.1) is 15.5 Å². The molecule has 0 bridgehead atoms. The molecule has 0 spiro atoms. The van der Waals surface area contributed by atoms with Gasteiger partial charge in [-0.05, 0) is 41.1 Å². The number of nitrogens with two attached hydrogens (primary N) is 1. The first-order valence-electron chi connectivity index (χ1n) is 5.27. The van der Waals surface area contributed by atoms with E-state index in [-0.39, 0.29) is 18.3 Å². The molecule has 0 saturated carbocycles. The van der Waals surface area contributed by atoms with E-state index in [2.05, 4.69) is 20.9 Å². The highest BCUT2D eigenvalue weighted by Crippen LogP contribution is 2.26. The third-order valence-electron chi connectivity index (χ3n) is 2.70. The van der Waals surface area contributed by atoms with Crippen molar-refractivity contribution in [3.63, 3.8) is 0 Å². The topological polar surface area (TPSA) is 63.8 Å². The number of nitrogens with one attached hydrogen (secondary N) is 1. The number of halogens is 2. The third kappa shape index (κ3) is 2.32. The Bertz CT molecular complexity index is 679. The predicted octanol–water partition coefficient (Wildman–Crippen LogP) is 3.04. The van der Waals surface area contributed by atoms with Crippen LogP contribution in [-0.2, 0) is 4.79 Å². The van der Waals surface area contributed by atoms with Gasteiger partial charge in [0.1, 0.15) is 5.82 Å². The number of amides is 1. The van der Waals surface area contributed by atoms with Crippen molar-refractivity contribution in [2.45, 2.75) is 19.4 Å². The van der Waals surface area contributed by atoms with Gasteiger partial charge in [0.2, 0.25) is 5.91 Å². The lowest BCUT2D eigenvalue weighted by atomic mass is 10.2. The lowest BCUT2D eigenvalue weighted by molar-refractivity contribution is -0.118. The average molecular weight is 332 g/mol. The Labute approximate surface area is 116 Å². The average Bonchev–Trinajstić information content (AvgIpc) is 2.53. The van der Waals surface area contributed by atoms with Crippen LogP contribution in [0.25, 0.3) is 11.0 Å². The molecular formula is C11H11BrFN3OS. The Morgan fingerprint density at radius 3 is 2.94 bits per heavy atom. The van der Waals surface area contributed by atoms with E-state index in [9.17, 15) is 9.18 Å². The summed E-state index contributed by atoms with van der Waals surface area (Å²) in [7, 11) is 0. The van der Waals surface area contributed by atoms with Gasteiger partial charge >= 0.3 is 0 Å². The number of benzene rings is 1. The molecule has 0 saturated heterocycles. The van der Waals surface area contributed by atoms with Gasteiger partial charge in [0, 0.05) is 18.5 Å². The first-order valence-corrected chi connectivity index (χ1v) is 6.48. The van der Waals surface area contributed by atoms with Gasteiger partial charge in [-0.3, -0.25) is 4.79 Å². The molecule has 1 unspecified atom stereocenters. The van der Waals surface area contributed by atoms with E-state index >= 15 is 0 Å². The van der Waals surface area contributed by atoms with E-state index in [1.807, 2.05) is 6.92 Å². The number of rotatable bonds is 3. The van der Waals surface area contributed by atoms with Gasteiger partial charge in [-0.25, -0.2) is 4.39 Å². The molecule has 7 heteroatoms. The zero-order valence-corrected chi connectivity index (χ0v) is 11.9. The lowest BCUT2D eigenvalue weighted by Gasteiger charge is -2.12. The molecule has 0 aliphatic carbocycles. The number of carbonyl (C=O) groups excluding carboxylic acids is 1. The Hall–Kier alpha value is -1.21. The van der Waals surface area contributed by atoms with Gasteiger partial charge in [0.25, 0.3) is 0 Å². The van der Waals surface area contributed by atoms with Crippen molar-refractivity contribution in [1.29, 1.82) is 0 Å². The van der Waals surface area contributed by atoms with Gasteiger partial charge in [-0.2, -0.15) is 0 Å². The maximum atomic E-state index is 13.4. The first-order chi connectivity index (χ1) is 8.40. The van der Waals surface area contributed by atoms with Crippen LogP contribution in [0, 0.1) is 10.6 Å². The van der Waals surface area contributed by atoms with E-state index in [0.717, 1.165) is 5.52 Å². The second kappa shape index (κ2) is 4.81. The number of imidazole rings is 1. The Kier molecular flexibility index (Phi) is 3.54. The molecule has 1 amide bonds. The van der Waals surface area contributed by atoms with Crippen molar-refractivity contribution in [3.8, 4) is 0 Å². The zero-order valence-electron chi connectivity index (χ0n) is 9.54. The number of hydrogen-bond donors (Lipinski definition) is 2. The summed E-state index contributed by atoms with van der Waals surface area (Å²) < 4.78 is 16.0. The van der Waals surface area contributed by atoms with Crippen molar-refractivity contribution in [1.82, 2.24) is 9.55 Å². The molecule has 1 aromatic heterocycles. The highest BCUT2D eigenvalue weighted by Gasteiger charge is 2.15. The van der Waals surface area contributed by atoms with E-state index in [0.29, 0.717) is 14.8 Å². The molecule has 1 heterocycles. The number of nitrogens with zero attached hydrogens (tertiary/aromatic N) is 1. The van der Waals surface area contributed by atoms with Gasteiger partial charge < -0.3 is 15.3 Å². The maximum Gasteiger partial charge on any atom is 0.219 e. The van der Waals surface area contributed by atoms with Gasteiger partial charge in [-0.15, -0.1) is 0 Å². The van der Waals surface area contributed by atoms with Crippen LogP contribution in [0.1, 0.15) is 19.4 Å². The van der Waals surface area contributed by atoms with Crippen LogP contribution in [0.5, 0.6) is 0 Å². The molecule has 0 fully saturated rings. The minimum atomic E-state index is -0.403. The monoisotopic (exact) mass is 331 g/mol. The number of aromatic nitrogens is 2. The first kappa shape index (κ1) is 13.2. The van der Waals surface area contributed by atoms with Gasteiger partial charge in [-0.1, -0.05) is 0 Å². The Morgan fingerprint density at radius 2 is 2.33 bits per heavy atom. The van der Waals surface area contributed by atoms with E-state index in [1.54, 1.807) is 10.6 Å². The largest absolute Gasteiger partial charge is 0.370 e. The SMILES string of the molecule is CC(CC(N)=O)n1c(=S)[nH]c2cc(F)c(Br)cc21. The second-order valence-electron chi connectivity index (χ2n) is 4.10. The summed E-state index contributed by atoms with van der Waals surface area (Å²) in [5.41, 5.74) is 6.51. The molecule has 96 valence electrons. The highest BCUT2D eigenvalue weighted by atomic mass is 79.9. The molecule has 4 nitrogen and oxygen atoms in total. The predicted molar refractivity (Wildman–Crippen MR) is 73.3 cm³/mol. The van der Waals surface area contributed by atoms with Crippen LogP contribution in [0.2, 0.25) is 0 Å². The van der Waals surface area contributed by atoms with Crippen LogP contribution >= 0.6 is 28.1 Å². The fraction of sp³-hybridized carbons (Fsp3) is 0.273. The second-order valence-corrected chi connectivity index (χ2v) is 5.34. The van der Waals surface area contributed by atoms with Crippen LogP contribution in [0.15, 0.2) is 16.6 Å². The number of carbonyl (C=O) groups is 1. The number of hydrogen-bond acceptors (Lipinski definition) is 2. The van der Waals surface area contributed by atoms with Crippen molar-refractivity contribution in [2.24, 2.45) is 5.73 Å². The fourth-order valence-electron chi connectivity index (χ4n) is 1.94. The maximum absolute atomic E-state index is 13.4. The summed E-state index contributed by atoms with van der Waals surface area (Å²) in [5, 5.41) is 0. The Morgan fingerprint density at radius 1 is 1.67 bits per heavy atom. The minimum Gasteiger partial charge on any atom is -0.370 e. The van der Waals surface area contributed by atoms with Gasteiger partial charge in [0.15, 0.2) is 4.77 Å². The molecule has 1 aromatic carbocycles. The van der Waals surface area contributed by atoms with Crippen molar-refractivity contribution in [2.75, 3.05) is 0 Å². The fourth-order valence-corrected chi connectivity index (χ4v) is 2.66. The van der Waals surface area contributed by atoms with E-state index in [4.69, 9.17) is 18.0 Å². The van der Waals surface area contributed by atoms with Crippen LogP contribution in [-0.4, -0.2) is 15.5 Å². The third-order valence-corrected chi connectivity index (χ3v) is 3.60. The molecule has 1 atom stereocenters. The molecule has 0 aliphatic rings. The van der Waals surface area contributed by atoms with Crippen molar-refractivity contribution >= 4 is 45.1 Å². The summed E-state index contributed by atoms with van der Waals surface area (Å²) in [6.07, 6.45) is 0.177. The molecule has 0 aliphatic heterocycles. The van der Waals surface area contributed by atoms with E-state index in [1.165, 1.54) is 6.07 Å². The highest BCUT2D eigenvalue weighted by molar-refractivity contribution is 9.10. The van der Waals surface area contributed by atoms with Crippen LogP contribution in [0.3, 0.4) is 0 Å². The summed E-state index contributed by atoms with van der Waals surface area (Å²) >= 11 is 8.32. The zero-order chi connectivity index (χ0) is 13.4. The number of aromatic amines is 1. The Balaban J connectivity index is 2.63. The lowest BCUT2D eigenvalue weighted by Crippen LogP contribution is -2.17. The molecule has 18 heavy (non-hydrogen) atoms. The van der Waals surface area contributed by atoms with Crippen LogP contribution < -0.4 is 5.73 Å². The normalized spacial score (nSPS) is 12.8. The quantitative estimate of drug-likeness (QED) is 0.849. The minimum absolute atomic E-state index is 0.177. The molecule has 3 N–H and O–H groups in total. The smallest absolute Gasteiger partial charge is 0.219 e. The molecule has 0 radical (unpaired) electrons.